The molecule has 6 aromatic heterocycles. The van der Waals surface area contributed by atoms with Crippen LogP contribution in [0.25, 0.3) is 42.4 Å². The van der Waals surface area contributed by atoms with E-state index in [1.165, 1.54) is 178 Å². The minimum atomic E-state index is -0.332. The van der Waals surface area contributed by atoms with E-state index >= 15 is 9.59 Å². The Hall–Kier alpha value is -4.25. The summed E-state index contributed by atoms with van der Waals surface area (Å²) in [6.07, 6.45) is 40.6. The summed E-state index contributed by atoms with van der Waals surface area (Å²) >= 11 is 7.11. The number of amides is 2. The maximum absolute atomic E-state index is 16.1. The number of fused-ring (bicyclic) bond motifs is 1. The fourth-order valence-corrected chi connectivity index (χ4v) is 19.3. The van der Waals surface area contributed by atoms with Gasteiger partial charge in [-0.15, -0.1) is 34.0 Å². The molecule has 10 heterocycles. The third-order valence-corrected chi connectivity index (χ3v) is 27.7. The Morgan fingerprint density at radius 1 is 0.375 bits per heavy atom. The monoisotopic (exact) mass is 1490 g/mol. The molecule has 0 spiro atoms. The van der Waals surface area contributed by atoms with Gasteiger partial charge in [-0.3, -0.25) is 9.59 Å². The first-order valence-electron chi connectivity index (χ1n) is 41.4. The van der Waals surface area contributed by atoms with E-state index in [2.05, 4.69) is 159 Å². The Balaban J connectivity index is 0.000000458. The van der Waals surface area contributed by atoms with Gasteiger partial charge in [0.1, 0.15) is 22.9 Å². The number of carbonyl (C=O) groups excluding carboxylic acids is 2. The fraction of sp³-hybridized carbons (Fsp3) is 0.659. The van der Waals surface area contributed by atoms with Crippen molar-refractivity contribution in [2.75, 3.05) is 13.1 Å². The lowest BCUT2D eigenvalue weighted by molar-refractivity contribution is -0.124. The van der Waals surface area contributed by atoms with Crippen molar-refractivity contribution in [2.24, 2.45) is 11.8 Å². The Bertz CT molecular complexity index is 3620. The molecule has 6 aromatic rings. The van der Waals surface area contributed by atoms with Gasteiger partial charge in [0.2, 0.25) is 0 Å². The fourth-order valence-electron chi connectivity index (χ4n) is 15.2. The topological polar surface area (TPSA) is 104 Å². The van der Waals surface area contributed by atoms with Gasteiger partial charge in [0, 0.05) is 42.2 Å². The molecule has 0 saturated carbocycles. The molecule has 16 heteroatoms. The number of rotatable bonds is 45. The third kappa shape index (κ3) is 21.6. The molecular formula is C88H132B2N2O8S4. The highest BCUT2D eigenvalue weighted by Gasteiger charge is 2.55. The first-order chi connectivity index (χ1) is 50.0. The van der Waals surface area contributed by atoms with Crippen LogP contribution in [0.1, 0.15) is 335 Å². The first kappa shape index (κ1) is 83.8. The average Bonchev–Trinajstić information content (AvgIpc) is 1.48. The lowest BCUT2D eigenvalue weighted by Gasteiger charge is -2.32. The summed E-state index contributed by atoms with van der Waals surface area (Å²) in [5, 5.41) is 0. The molecule has 10 nitrogen and oxygen atoms in total. The van der Waals surface area contributed by atoms with E-state index in [9.17, 15) is 0 Å². The molecule has 2 saturated heterocycles. The normalized spacial score (nSPS) is 17.4. The van der Waals surface area contributed by atoms with Crippen LogP contribution in [0, 0.1) is 25.7 Å². The van der Waals surface area contributed by atoms with Gasteiger partial charge in [-0.1, -0.05) is 221 Å². The minimum Gasteiger partial charge on any atom is -0.454 e. The van der Waals surface area contributed by atoms with Crippen LogP contribution in [-0.2, 0) is 41.0 Å². The smallest absolute Gasteiger partial charge is 0.454 e. The SMILES string of the molecule is CC1(C)OB(c2ccc(B3OC(C)(C)C(C)(C)O3)s2)OC1(C)C.CCCCCCCCC(CCCCCC)CN1C(=O)C2=C(c3ccc(-c4cc(CCCCCC)c(-c5ccc(C)s5)s4)o3)N(CC(CCCCCC)CCCCCCCC)C(=O)C2=C1c1ccc(-c2cc(CCCCCC)c(C)s2)o1. The van der Waals surface area contributed by atoms with Crippen molar-refractivity contribution >= 4 is 92.3 Å². The van der Waals surface area contributed by atoms with Crippen LogP contribution in [-0.4, -0.2) is 71.3 Å². The van der Waals surface area contributed by atoms with Crippen molar-refractivity contribution in [3.8, 4) is 31.0 Å². The Kier molecular flexibility index (Phi) is 32.2. The number of aryl methyl sites for hydroxylation is 4. The first-order valence-corrected chi connectivity index (χ1v) is 44.7. The van der Waals surface area contributed by atoms with Crippen LogP contribution in [0.3, 0.4) is 0 Å². The van der Waals surface area contributed by atoms with E-state index in [4.69, 9.17) is 27.5 Å². The molecule has 104 heavy (non-hydrogen) atoms. The Morgan fingerprint density at radius 3 is 1.12 bits per heavy atom. The molecule has 2 atom stereocenters. The summed E-state index contributed by atoms with van der Waals surface area (Å²) in [7, 11) is -0.664. The van der Waals surface area contributed by atoms with Crippen LogP contribution >= 0.6 is 45.3 Å². The lowest BCUT2D eigenvalue weighted by atomic mass is 9.86. The van der Waals surface area contributed by atoms with Gasteiger partial charge in [-0.05, 0) is 192 Å². The van der Waals surface area contributed by atoms with Crippen LogP contribution in [0.15, 0.2) is 80.6 Å². The van der Waals surface area contributed by atoms with E-state index in [-0.39, 0.29) is 48.5 Å². The van der Waals surface area contributed by atoms with Crippen molar-refractivity contribution < 1.29 is 37.0 Å². The average molecular weight is 1500 g/mol. The summed E-state index contributed by atoms with van der Waals surface area (Å²) in [5.74, 6) is 3.27. The molecule has 0 N–H and O–H groups in total. The van der Waals surface area contributed by atoms with Gasteiger partial charge in [-0.2, -0.15) is 11.3 Å². The van der Waals surface area contributed by atoms with Crippen molar-refractivity contribution in [2.45, 2.75) is 351 Å². The Morgan fingerprint density at radius 2 is 0.721 bits per heavy atom. The highest BCUT2D eigenvalue weighted by molar-refractivity contribution is 7.30. The van der Waals surface area contributed by atoms with Crippen LogP contribution < -0.4 is 9.55 Å². The number of hydrogen-bond acceptors (Lipinski definition) is 12. The van der Waals surface area contributed by atoms with Crippen LogP contribution in [0.2, 0.25) is 0 Å². The zero-order valence-corrected chi connectivity index (χ0v) is 70.6. The molecule has 2 amide bonds. The van der Waals surface area contributed by atoms with Gasteiger partial charge in [-0.25, -0.2) is 0 Å². The predicted octanol–water partition coefficient (Wildman–Crippen LogP) is 25.7. The quantitative estimate of drug-likeness (QED) is 0.0275. The maximum atomic E-state index is 16.1. The summed E-state index contributed by atoms with van der Waals surface area (Å²) < 4.78 is 40.8. The van der Waals surface area contributed by atoms with Crippen molar-refractivity contribution in [1.82, 2.24) is 9.80 Å². The number of furan rings is 2. The second-order valence-electron chi connectivity index (χ2n) is 32.8. The highest BCUT2D eigenvalue weighted by Crippen LogP contribution is 2.51. The summed E-state index contributed by atoms with van der Waals surface area (Å²) in [5.41, 5.74) is 3.78. The van der Waals surface area contributed by atoms with Crippen molar-refractivity contribution in [3.05, 3.63) is 104 Å². The molecule has 0 bridgehead atoms. The van der Waals surface area contributed by atoms with Gasteiger partial charge in [0.15, 0.2) is 11.5 Å². The predicted molar refractivity (Wildman–Crippen MR) is 446 cm³/mol. The number of nitrogens with zero attached hydrogens (tertiary/aromatic N) is 2. The van der Waals surface area contributed by atoms with Gasteiger partial charge in [0.05, 0.1) is 43.3 Å². The standard InChI is InChI=1S/C72H106N2O4S3.C16H26B2O4S/c1-9-15-21-27-29-33-39-55(37-31-23-17-11-3)51-73-68(61-46-44-59(77-61)64-49-57(54(8)80-64)41-35-25-19-13-5)66-67(72(73)76)69(74(71(66)75)52-56(38-32-24-18-12-4)40-34-30-28-22-16-10-2)62-47-45-60(78-62)65-50-58(42-36-26-20-14-6)70(81-65)63-48-43-53(7)79-63;1-13(2)14(3,4)20-17(19-13)11-9-10-12(23-11)18-21-15(5,6)16(7,8)22-18/h43-50,55-56H,9-42,51-52H2,1-8H3;9-10H,1-8H3. The van der Waals surface area contributed by atoms with E-state index in [0.29, 0.717) is 59.0 Å². The molecule has 0 aliphatic carbocycles. The zero-order valence-electron chi connectivity index (χ0n) is 67.3. The van der Waals surface area contributed by atoms with E-state index < -0.39 is 0 Å². The van der Waals surface area contributed by atoms with E-state index in [1.54, 1.807) is 22.7 Å². The molecule has 0 radical (unpaired) electrons. The van der Waals surface area contributed by atoms with Crippen molar-refractivity contribution in [3.63, 3.8) is 0 Å². The summed E-state index contributed by atoms with van der Waals surface area (Å²) in [6.45, 7) is 35.8. The molecule has 4 aliphatic heterocycles. The summed E-state index contributed by atoms with van der Waals surface area (Å²) in [4.78, 5) is 43.7. The van der Waals surface area contributed by atoms with Crippen molar-refractivity contribution in [1.29, 1.82) is 0 Å². The second-order valence-corrected chi connectivity index (χ2v) is 37.5. The molecular weight excluding hydrogens is 1360 g/mol. The van der Waals surface area contributed by atoms with E-state index in [1.807, 2.05) is 44.6 Å². The minimum absolute atomic E-state index is 0.0825. The molecule has 0 aromatic carbocycles. The second kappa shape index (κ2) is 39.9. The maximum Gasteiger partial charge on any atom is 0.505 e. The highest BCUT2D eigenvalue weighted by atomic mass is 32.1. The Labute approximate surface area is 646 Å². The number of unbranched alkanes of at least 4 members (excludes halogenated alkanes) is 22. The van der Waals surface area contributed by atoms with Crippen LogP contribution in [0.4, 0.5) is 0 Å². The third-order valence-electron chi connectivity index (χ3n) is 23.1. The van der Waals surface area contributed by atoms with Gasteiger partial charge in [0.25, 0.3) is 11.8 Å². The van der Waals surface area contributed by atoms with E-state index in [0.717, 1.165) is 101 Å². The number of thiophene rings is 4. The molecule has 10 rings (SSSR count). The van der Waals surface area contributed by atoms with Crippen LogP contribution in [0.5, 0.6) is 0 Å². The zero-order chi connectivity index (χ0) is 74.6. The molecule has 2 fully saturated rings. The molecule has 2 unspecified atom stereocenters. The van der Waals surface area contributed by atoms with Gasteiger partial charge >= 0.3 is 14.2 Å². The number of hydrogen-bond donors (Lipinski definition) is 0. The van der Waals surface area contributed by atoms with Gasteiger partial charge < -0.3 is 37.3 Å². The molecule has 572 valence electrons. The largest absolute Gasteiger partial charge is 0.505 e. The molecule has 4 aliphatic rings. The summed E-state index contributed by atoms with van der Waals surface area (Å²) in [6, 6.07) is 21.6. The number of carbonyl (C=O) groups is 2. The lowest BCUT2D eigenvalue weighted by Crippen LogP contribution is -2.41.